The van der Waals surface area contributed by atoms with Gasteiger partial charge in [-0.2, -0.15) is 0 Å². The van der Waals surface area contributed by atoms with Crippen LogP contribution in [-0.2, 0) is 19.6 Å². The molecule has 0 saturated carbocycles. The first-order valence-electron chi connectivity index (χ1n) is 9.26. The Kier molecular flexibility index (Phi) is 6.04. The van der Waals surface area contributed by atoms with E-state index in [9.17, 15) is 9.90 Å². The van der Waals surface area contributed by atoms with Crippen LogP contribution in [0.3, 0.4) is 0 Å². The van der Waals surface area contributed by atoms with Gasteiger partial charge in [0.05, 0.1) is 25.5 Å². The molecule has 4 rings (SSSR count). The van der Waals surface area contributed by atoms with Crippen molar-refractivity contribution < 1.29 is 14.0 Å². The minimum Gasteiger partial charge on any atom is -0.468 e. The maximum atomic E-state index is 12.1. The summed E-state index contributed by atoms with van der Waals surface area (Å²) in [7, 11) is 0. The van der Waals surface area contributed by atoms with Crippen LogP contribution in [-0.4, -0.2) is 32.4 Å². The van der Waals surface area contributed by atoms with Crippen molar-refractivity contribution in [3.05, 3.63) is 87.4 Å². The maximum Gasteiger partial charge on any atom is 0.441 e. The standard InChI is InChI=1S/C21H21N3O4S/c25-17(13-24-20(22-28-21(24)26)16-6-2-1-3-7-16)12-23(14-18-8-4-10-27-18)15-19-9-5-11-29-19/h1-11,17,25H,12-15H2. The molecule has 4 aromatic rings. The number of nitrogens with zero attached hydrogens (tertiary/aromatic N) is 3. The van der Waals surface area contributed by atoms with Crippen LogP contribution in [0.25, 0.3) is 11.4 Å². The fourth-order valence-electron chi connectivity index (χ4n) is 3.22. The van der Waals surface area contributed by atoms with E-state index in [0.717, 1.165) is 11.3 Å². The summed E-state index contributed by atoms with van der Waals surface area (Å²) in [6.45, 7) is 1.70. The van der Waals surface area contributed by atoms with Gasteiger partial charge >= 0.3 is 5.76 Å². The third-order valence-corrected chi connectivity index (χ3v) is 5.36. The second kappa shape index (κ2) is 9.04. The molecule has 8 heteroatoms. The number of furan rings is 1. The number of benzene rings is 1. The molecule has 0 aliphatic carbocycles. The summed E-state index contributed by atoms with van der Waals surface area (Å²) >= 11 is 1.66. The zero-order valence-corrected chi connectivity index (χ0v) is 16.5. The maximum absolute atomic E-state index is 12.1. The molecule has 0 fully saturated rings. The average molecular weight is 411 g/mol. The first-order chi connectivity index (χ1) is 14.2. The van der Waals surface area contributed by atoms with Crippen molar-refractivity contribution in [2.24, 2.45) is 0 Å². The van der Waals surface area contributed by atoms with E-state index in [1.807, 2.05) is 53.9 Å². The van der Waals surface area contributed by atoms with Crippen LogP contribution < -0.4 is 5.76 Å². The minimum atomic E-state index is -0.788. The Balaban J connectivity index is 1.49. The van der Waals surface area contributed by atoms with E-state index >= 15 is 0 Å². The summed E-state index contributed by atoms with van der Waals surface area (Å²) in [6.07, 6.45) is 0.849. The molecule has 1 N–H and O–H groups in total. The SMILES string of the molecule is O=c1onc(-c2ccccc2)n1CC(O)CN(Cc1ccco1)Cc1cccs1. The zero-order chi connectivity index (χ0) is 20.1. The van der Waals surface area contributed by atoms with Gasteiger partial charge in [-0.25, -0.2) is 4.79 Å². The van der Waals surface area contributed by atoms with Gasteiger partial charge in [0.2, 0.25) is 0 Å². The first-order valence-corrected chi connectivity index (χ1v) is 10.1. The van der Waals surface area contributed by atoms with E-state index in [2.05, 4.69) is 16.1 Å². The lowest BCUT2D eigenvalue weighted by Gasteiger charge is -2.24. The molecule has 0 spiro atoms. The van der Waals surface area contributed by atoms with Crippen molar-refractivity contribution in [3.63, 3.8) is 0 Å². The quantitative estimate of drug-likeness (QED) is 0.455. The summed E-state index contributed by atoms with van der Waals surface area (Å²) in [4.78, 5) is 15.4. The van der Waals surface area contributed by atoms with Gasteiger partial charge < -0.3 is 9.52 Å². The fourth-order valence-corrected chi connectivity index (χ4v) is 3.97. The molecule has 1 atom stereocenters. The van der Waals surface area contributed by atoms with Gasteiger partial charge in [0.25, 0.3) is 0 Å². The van der Waals surface area contributed by atoms with Gasteiger partial charge in [-0.05, 0) is 23.6 Å². The van der Waals surface area contributed by atoms with Gasteiger partial charge in [-0.1, -0.05) is 41.6 Å². The second-order valence-electron chi connectivity index (χ2n) is 6.73. The number of hydrogen-bond donors (Lipinski definition) is 1. The second-order valence-corrected chi connectivity index (χ2v) is 7.76. The van der Waals surface area contributed by atoms with Crippen LogP contribution in [0.4, 0.5) is 0 Å². The molecule has 1 aromatic carbocycles. The monoisotopic (exact) mass is 411 g/mol. The number of hydrogen-bond acceptors (Lipinski definition) is 7. The lowest BCUT2D eigenvalue weighted by atomic mass is 10.2. The summed E-state index contributed by atoms with van der Waals surface area (Å²) < 4.78 is 11.7. The fraction of sp³-hybridized carbons (Fsp3) is 0.238. The number of aliphatic hydroxyl groups excluding tert-OH is 1. The Morgan fingerprint density at radius 2 is 1.97 bits per heavy atom. The third kappa shape index (κ3) is 4.92. The van der Waals surface area contributed by atoms with E-state index < -0.39 is 11.9 Å². The molecule has 29 heavy (non-hydrogen) atoms. The third-order valence-electron chi connectivity index (χ3n) is 4.50. The normalized spacial score (nSPS) is 12.5. The van der Waals surface area contributed by atoms with Crippen LogP contribution in [0.2, 0.25) is 0 Å². The average Bonchev–Trinajstić information content (AvgIpc) is 3.47. The number of rotatable bonds is 9. The lowest BCUT2D eigenvalue weighted by molar-refractivity contribution is 0.0864. The Morgan fingerprint density at radius 3 is 2.69 bits per heavy atom. The molecular weight excluding hydrogens is 390 g/mol. The number of aromatic nitrogens is 2. The highest BCUT2D eigenvalue weighted by Crippen LogP contribution is 2.17. The van der Waals surface area contributed by atoms with Crippen molar-refractivity contribution >= 4 is 11.3 Å². The molecule has 3 aromatic heterocycles. The molecule has 3 heterocycles. The molecule has 0 aliphatic heterocycles. The summed E-state index contributed by atoms with van der Waals surface area (Å²) in [5.74, 6) is 0.644. The van der Waals surface area contributed by atoms with Crippen molar-refractivity contribution in [2.45, 2.75) is 25.7 Å². The van der Waals surface area contributed by atoms with Gasteiger partial charge in [-0.3, -0.25) is 14.0 Å². The van der Waals surface area contributed by atoms with E-state index in [1.54, 1.807) is 17.6 Å². The summed E-state index contributed by atoms with van der Waals surface area (Å²) in [6, 6.07) is 17.1. The van der Waals surface area contributed by atoms with E-state index in [1.165, 1.54) is 9.44 Å². The van der Waals surface area contributed by atoms with Crippen molar-refractivity contribution in [2.75, 3.05) is 6.54 Å². The Morgan fingerprint density at radius 1 is 1.10 bits per heavy atom. The van der Waals surface area contributed by atoms with Crippen LogP contribution in [0.5, 0.6) is 0 Å². The predicted octanol–water partition coefficient (Wildman–Crippen LogP) is 3.22. The molecular formula is C21H21N3O4S. The lowest BCUT2D eigenvalue weighted by Crippen LogP contribution is -2.35. The van der Waals surface area contributed by atoms with Gasteiger partial charge in [-0.15, -0.1) is 11.3 Å². The smallest absolute Gasteiger partial charge is 0.441 e. The Bertz CT molecular complexity index is 1020. The molecule has 0 aliphatic rings. The Labute approximate surface area is 171 Å². The van der Waals surface area contributed by atoms with E-state index in [4.69, 9.17) is 8.94 Å². The van der Waals surface area contributed by atoms with Crippen LogP contribution in [0, 0.1) is 0 Å². The molecule has 7 nitrogen and oxygen atoms in total. The van der Waals surface area contributed by atoms with Gasteiger partial charge in [0.15, 0.2) is 5.82 Å². The molecule has 0 radical (unpaired) electrons. The topological polar surface area (TPSA) is 84.6 Å². The Hall–Kier alpha value is -2.94. The first kappa shape index (κ1) is 19.4. The van der Waals surface area contributed by atoms with Crippen molar-refractivity contribution in [3.8, 4) is 11.4 Å². The number of aliphatic hydroxyl groups is 1. The van der Waals surface area contributed by atoms with Crippen molar-refractivity contribution in [1.82, 2.24) is 14.6 Å². The predicted molar refractivity (Wildman–Crippen MR) is 109 cm³/mol. The summed E-state index contributed by atoms with van der Waals surface area (Å²) in [5.41, 5.74) is 0.761. The summed E-state index contributed by atoms with van der Waals surface area (Å²) in [5, 5.41) is 16.7. The van der Waals surface area contributed by atoms with Crippen LogP contribution >= 0.6 is 11.3 Å². The number of thiophene rings is 1. The molecule has 1 unspecified atom stereocenters. The van der Waals surface area contributed by atoms with Crippen LogP contribution in [0.1, 0.15) is 10.6 Å². The highest BCUT2D eigenvalue weighted by atomic mass is 32.1. The van der Waals surface area contributed by atoms with Gasteiger partial charge in [0, 0.05) is 23.5 Å². The van der Waals surface area contributed by atoms with E-state index in [-0.39, 0.29) is 6.54 Å². The van der Waals surface area contributed by atoms with Crippen LogP contribution in [0.15, 0.2) is 80.0 Å². The zero-order valence-electron chi connectivity index (χ0n) is 15.7. The molecule has 150 valence electrons. The molecule has 0 saturated heterocycles. The highest BCUT2D eigenvalue weighted by Gasteiger charge is 2.19. The largest absolute Gasteiger partial charge is 0.468 e. The molecule has 0 amide bonds. The van der Waals surface area contributed by atoms with Crippen molar-refractivity contribution in [1.29, 1.82) is 0 Å². The molecule has 0 bridgehead atoms. The highest BCUT2D eigenvalue weighted by molar-refractivity contribution is 7.09. The minimum absolute atomic E-state index is 0.0889. The van der Waals surface area contributed by atoms with E-state index in [0.29, 0.717) is 25.5 Å². The van der Waals surface area contributed by atoms with Gasteiger partial charge in [0.1, 0.15) is 5.76 Å².